The molecule has 4 rings (SSSR count). The number of hydrogen-bond donors (Lipinski definition) is 1. The van der Waals surface area contributed by atoms with Gasteiger partial charge in [-0.05, 0) is 61.6 Å². The summed E-state index contributed by atoms with van der Waals surface area (Å²) in [6.45, 7) is -0.240. The fourth-order valence-electron chi connectivity index (χ4n) is 4.77. The van der Waals surface area contributed by atoms with Gasteiger partial charge in [-0.25, -0.2) is 12.8 Å². The molecule has 0 amide bonds. The first-order valence-corrected chi connectivity index (χ1v) is 13.3. The molecule has 36 heavy (non-hydrogen) atoms. The second-order valence-corrected chi connectivity index (χ2v) is 11.6. The number of alkyl halides is 3. The summed E-state index contributed by atoms with van der Waals surface area (Å²) in [5.74, 6) is -3.18. The third-order valence-electron chi connectivity index (χ3n) is 6.63. The number of benzene rings is 2. The number of halogens is 5. The van der Waals surface area contributed by atoms with Crippen molar-refractivity contribution in [3.8, 4) is 16.9 Å². The molecule has 0 aromatic heterocycles. The first kappa shape index (κ1) is 26.5. The van der Waals surface area contributed by atoms with Gasteiger partial charge in [0.15, 0.2) is 0 Å². The number of carboxylic acid groups (broad SMARTS) is 1. The summed E-state index contributed by atoms with van der Waals surface area (Å²) in [5.41, 5.74) is 1.01. The number of sulfonamides is 1. The number of fused-ring (bicyclic) bond motifs is 1. The maximum absolute atomic E-state index is 13.7. The van der Waals surface area contributed by atoms with E-state index >= 15 is 0 Å². The van der Waals surface area contributed by atoms with E-state index < -0.39 is 51.7 Å². The van der Waals surface area contributed by atoms with E-state index in [4.69, 9.17) is 21.4 Å². The predicted molar refractivity (Wildman–Crippen MR) is 126 cm³/mol. The van der Waals surface area contributed by atoms with Crippen molar-refractivity contribution in [2.45, 2.75) is 56.1 Å². The zero-order valence-electron chi connectivity index (χ0n) is 19.0. The van der Waals surface area contributed by atoms with E-state index in [1.54, 1.807) is 6.07 Å². The Morgan fingerprint density at radius 1 is 1.17 bits per heavy atom. The summed E-state index contributed by atoms with van der Waals surface area (Å²) in [5, 5.41) is 7.90. The molecule has 1 saturated carbocycles. The van der Waals surface area contributed by atoms with Crippen molar-refractivity contribution in [1.82, 2.24) is 0 Å². The van der Waals surface area contributed by atoms with E-state index in [9.17, 15) is 30.8 Å². The minimum atomic E-state index is -4.49. The third kappa shape index (κ3) is 5.56. The van der Waals surface area contributed by atoms with Gasteiger partial charge in [-0.1, -0.05) is 24.1 Å². The lowest BCUT2D eigenvalue weighted by atomic mass is 9.88. The fraction of sp³-hybridized carbons (Fsp3) is 0.458. The zero-order chi connectivity index (χ0) is 26.3. The Balaban J connectivity index is 1.74. The standard InChI is InChI=1S/C24H24ClF4NO5S/c25-20-12-16(26)5-7-19(20)14-4-8-22-21(10-14)30(13-17(35-22)6-9-23(31)32)36(33,34)18-3-1-2-15(11-18)24(27,28)29/h4-5,7-8,10,12,15,17-18H,1-3,6,9,11,13H2,(H,31,32)/t15?,17-,18?/m0/s1. The van der Waals surface area contributed by atoms with Crippen molar-refractivity contribution >= 4 is 33.3 Å². The predicted octanol–water partition coefficient (Wildman–Crippen LogP) is 6.03. The molecule has 2 aromatic carbocycles. The van der Waals surface area contributed by atoms with Crippen LogP contribution in [0.2, 0.25) is 5.02 Å². The van der Waals surface area contributed by atoms with Gasteiger partial charge in [0, 0.05) is 12.0 Å². The van der Waals surface area contributed by atoms with Gasteiger partial charge in [0.05, 0.1) is 28.4 Å². The van der Waals surface area contributed by atoms with Gasteiger partial charge < -0.3 is 9.84 Å². The van der Waals surface area contributed by atoms with Crippen molar-refractivity contribution in [3.63, 3.8) is 0 Å². The molecule has 1 heterocycles. The highest BCUT2D eigenvalue weighted by Crippen LogP contribution is 2.44. The average Bonchev–Trinajstić information content (AvgIpc) is 2.81. The summed E-state index contributed by atoms with van der Waals surface area (Å²) in [6, 6.07) is 8.34. The van der Waals surface area contributed by atoms with Crippen LogP contribution in [0, 0.1) is 11.7 Å². The fourth-order valence-corrected chi connectivity index (χ4v) is 7.14. The van der Waals surface area contributed by atoms with Crippen molar-refractivity contribution in [2.24, 2.45) is 5.92 Å². The second kappa shape index (κ2) is 10.1. The first-order chi connectivity index (χ1) is 16.9. The van der Waals surface area contributed by atoms with E-state index in [-0.39, 0.29) is 55.1 Å². The van der Waals surface area contributed by atoms with Crippen LogP contribution in [-0.4, -0.2) is 43.6 Å². The molecule has 2 unspecified atom stereocenters. The molecule has 1 N–H and O–H groups in total. The van der Waals surface area contributed by atoms with Crippen LogP contribution >= 0.6 is 11.6 Å². The van der Waals surface area contributed by atoms with Crippen LogP contribution in [0.4, 0.5) is 23.2 Å². The number of carboxylic acids is 1. The minimum Gasteiger partial charge on any atom is -0.486 e. The van der Waals surface area contributed by atoms with Gasteiger partial charge in [-0.3, -0.25) is 9.10 Å². The summed E-state index contributed by atoms with van der Waals surface area (Å²) in [7, 11) is -4.27. The molecule has 1 aliphatic heterocycles. The molecule has 1 fully saturated rings. The highest BCUT2D eigenvalue weighted by Gasteiger charge is 2.47. The van der Waals surface area contributed by atoms with Gasteiger partial charge in [0.1, 0.15) is 17.7 Å². The monoisotopic (exact) mass is 549 g/mol. The minimum absolute atomic E-state index is 0.0160. The van der Waals surface area contributed by atoms with Gasteiger partial charge in [-0.15, -0.1) is 0 Å². The molecule has 6 nitrogen and oxygen atoms in total. The van der Waals surface area contributed by atoms with Crippen molar-refractivity contribution in [3.05, 3.63) is 47.2 Å². The molecule has 0 spiro atoms. The normalized spacial score (nSPS) is 22.6. The summed E-state index contributed by atoms with van der Waals surface area (Å²) < 4.78 is 88.1. The molecule has 196 valence electrons. The van der Waals surface area contributed by atoms with E-state index in [2.05, 4.69) is 0 Å². The summed E-state index contributed by atoms with van der Waals surface area (Å²) >= 11 is 6.18. The van der Waals surface area contributed by atoms with Crippen molar-refractivity contribution in [2.75, 3.05) is 10.8 Å². The lowest BCUT2D eigenvalue weighted by Gasteiger charge is -2.39. The molecule has 0 radical (unpaired) electrons. The average molecular weight is 550 g/mol. The number of hydrogen-bond acceptors (Lipinski definition) is 4. The van der Waals surface area contributed by atoms with E-state index in [0.29, 0.717) is 11.1 Å². The van der Waals surface area contributed by atoms with Crippen LogP contribution in [0.5, 0.6) is 5.75 Å². The van der Waals surface area contributed by atoms with Gasteiger partial charge in [0.2, 0.25) is 10.0 Å². The smallest absolute Gasteiger partial charge is 0.391 e. The Morgan fingerprint density at radius 3 is 2.58 bits per heavy atom. The molecular formula is C24H24ClF4NO5S. The number of anilines is 1. The van der Waals surface area contributed by atoms with Crippen LogP contribution < -0.4 is 9.04 Å². The Morgan fingerprint density at radius 2 is 1.92 bits per heavy atom. The van der Waals surface area contributed by atoms with Crippen LogP contribution in [0.15, 0.2) is 36.4 Å². The first-order valence-electron chi connectivity index (χ1n) is 11.4. The summed E-state index contributed by atoms with van der Waals surface area (Å²) in [4.78, 5) is 11.1. The summed E-state index contributed by atoms with van der Waals surface area (Å²) in [6.07, 6.45) is -5.99. The third-order valence-corrected chi connectivity index (χ3v) is 9.17. The second-order valence-electron chi connectivity index (χ2n) is 9.08. The number of ether oxygens (including phenoxy) is 1. The molecule has 2 aromatic rings. The Kier molecular flexibility index (Phi) is 7.43. The van der Waals surface area contributed by atoms with Crippen molar-refractivity contribution < 1.29 is 40.6 Å². The van der Waals surface area contributed by atoms with Crippen LogP contribution in [0.1, 0.15) is 38.5 Å². The lowest BCUT2D eigenvalue weighted by molar-refractivity contribution is -0.181. The molecular weight excluding hydrogens is 526 g/mol. The number of rotatable bonds is 6. The molecule has 0 saturated heterocycles. The van der Waals surface area contributed by atoms with Crippen LogP contribution in [-0.2, 0) is 14.8 Å². The zero-order valence-corrected chi connectivity index (χ0v) is 20.5. The Bertz CT molecular complexity index is 1250. The maximum Gasteiger partial charge on any atom is 0.391 e. The Labute approximate surface area is 210 Å². The molecule has 1 aliphatic carbocycles. The molecule has 2 aliphatic rings. The quantitative estimate of drug-likeness (QED) is 0.445. The van der Waals surface area contributed by atoms with E-state index in [1.807, 2.05) is 0 Å². The largest absolute Gasteiger partial charge is 0.486 e. The van der Waals surface area contributed by atoms with Gasteiger partial charge in [0.25, 0.3) is 0 Å². The topological polar surface area (TPSA) is 83.9 Å². The van der Waals surface area contributed by atoms with Crippen LogP contribution in [0.25, 0.3) is 11.1 Å². The lowest BCUT2D eigenvalue weighted by Crippen LogP contribution is -2.49. The number of carbonyl (C=O) groups is 1. The highest BCUT2D eigenvalue weighted by molar-refractivity contribution is 7.93. The van der Waals surface area contributed by atoms with Crippen molar-refractivity contribution in [1.29, 1.82) is 0 Å². The van der Waals surface area contributed by atoms with E-state index in [0.717, 1.165) is 10.4 Å². The van der Waals surface area contributed by atoms with E-state index in [1.165, 1.54) is 24.3 Å². The Hall–Kier alpha value is -2.53. The van der Waals surface area contributed by atoms with Gasteiger partial charge >= 0.3 is 12.1 Å². The molecule has 3 atom stereocenters. The van der Waals surface area contributed by atoms with Gasteiger partial charge in [-0.2, -0.15) is 13.2 Å². The SMILES string of the molecule is O=C(O)CC[C@H]1CN(S(=O)(=O)C2CCCC(C(F)(F)F)C2)c2cc(-c3ccc(F)cc3Cl)ccc2O1. The number of nitrogens with zero attached hydrogens (tertiary/aromatic N) is 1. The maximum atomic E-state index is 13.7. The highest BCUT2D eigenvalue weighted by atomic mass is 35.5. The number of aliphatic carboxylic acids is 1. The van der Waals surface area contributed by atoms with Crippen LogP contribution in [0.3, 0.4) is 0 Å². The molecule has 12 heteroatoms. The molecule has 0 bridgehead atoms.